The lowest BCUT2D eigenvalue weighted by atomic mass is 10.2. The highest BCUT2D eigenvalue weighted by Gasteiger charge is 2.22. The molecule has 0 fully saturated rings. The third-order valence-corrected chi connectivity index (χ3v) is 3.91. The minimum Gasteiger partial charge on any atom is -0.242 e. The fourth-order valence-corrected chi connectivity index (χ4v) is 1.90. The number of hydrogen-bond acceptors (Lipinski definition) is 3. The maximum atomic E-state index is 12.3. The summed E-state index contributed by atoms with van der Waals surface area (Å²) in [5, 5.41) is 0. The molecule has 7 heteroatoms. The van der Waals surface area contributed by atoms with Crippen LogP contribution in [0.25, 0.3) is 0 Å². The van der Waals surface area contributed by atoms with Crippen LogP contribution in [0.4, 0.5) is 8.78 Å². The molecule has 0 saturated carbocycles. The zero-order chi connectivity index (χ0) is 13.9. The maximum absolute atomic E-state index is 12.3. The predicted molar refractivity (Wildman–Crippen MR) is 66.4 cm³/mol. The van der Waals surface area contributed by atoms with Crippen LogP contribution < -0.4 is 4.72 Å². The molecule has 0 spiro atoms. The van der Waals surface area contributed by atoms with Crippen LogP contribution in [0.2, 0.25) is 0 Å². The molecule has 0 saturated heterocycles. The van der Waals surface area contributed by atoms with Gasteiger partial charge < -0.3 is 0 Å². The molecule has 0 bridgehead atoms. The largest absolute Gasteiger partial charge is 0.297 e. The number of halogens is 2. The molecule has 1 aromatic rings. The molecule has 4 nitrogen and oxygen atoms in total. The van der Waals surface area contributed by atoms with E-state index in [1.54, 1.807) is 6.92 Å². The molecule has 0 aliphatic carbocycles. The average molecular weight is 277 g/mol. The van der Waals surface area contributed by atoms with Crippen molar-refractivity contribution in [2.75, 3.05) is 0 Å². The Bertz CT molecular complexity index is 417. The first-order valence-electron chi connectivity index (χ1n) is 5.50. The molecule has 2 atom stereocenters. The van der Waals surface area contributed by atoms with Gasteiger partial charge in [0.05, 0.1) is 15.7 Å². The summed E-state index contributed by atoms with van der Waals surface area (Å²) in [5.41, 5.74) is 0.622. The molecule has 1 aromatic heterocycles. The summed E-state index contributed by atoms with van der Waals surface area (Å²) in [4.78, 5) is 7.14. The van der Waals surface area contributed by atoms with Gasteiger partial charge >= 0.3 is 0 Å². The number of aromatic nitrogens is 2. The highest BCUT2D eigenvalue weighted by Crippen LogP contribution is 2.18. The van der Waals surface area contributed by atoms with E-state index in [1.807, 2.05) is 20.8 Å². The normalized spacial score (nSPS) is 15.7. The van der Waals surface area contributed by atoms with Crippen molar-refractivity contribution >= 4 is 11.0 Å². The summed E-state index contributed by atoms with van der Waals surface area (Å²) < 4.78 is 38.9. The number of hydrogen-bond donors (Lipinski definition) is 1. The van der Waals surface area contributed by atoms with Crippen LogP contribution in [0, 0.1) is 0 Å². The Hall–Kier alpha value is -0.950. The van der Waals surface area contributed by atoms with Crippen LogP contribution in [-0.2, 0) is 11.0 Å². The van der Waals surface area contributed by atoms with Crippen LogP contribution in [-0.4, -0.2) is 18.9 Å². The van der Waals surface area contributed by atoms with Gasteiger partial charge in [0, 0.05) is 24.0 Å². The van der Waals surface area contributed by atoms with Crippen molar-refractivity contribution in [3.05, 3.63) is 23.8 Å². The molecular weight excluding hydrogens is 260 g/mol. The van der Waals surface area contributed by atoms with Crippen molar-refractivity contribution in [1.82, 2.24) is 14.7 Å². The molecule has 0 aliphatic heterocycles. The standard InChI is InChI=1S/C11H17F2N3OS/c1-7(16-18(17)11(2,3)4)8-5-14-10(9(12)13)15-6-8/h5-7,9,16H,1-4H3/t7-,18+/m1/s1. The third kappa shape index (κ3) is 4.06. The van der Waals surface area contributed by atoms with E-state index in [4.69, 9.17) is 0 Å². The molecule has 0 radical (unpaired) electrons. The van der Waals surface area contributed by atoms with Crippen LogP contribution in [0.1, 0.15) is 51.6 Å². The molecule has 0 amide bonds. The van der Waals surface area contributed by atoms with Crippen molar-refractivity contribution in [1.29, 1.82) is 0 Å². The van der Waals surface area contributed by atoms with Crippen LogP contribution in [0.3, 0.4) is 0 Å². The van der Waals surface area contributed by atoms with Gasteiger partial charge in [0.15, 0.2) is 5.82 Å². The summed E-state index contributed by atoms with van der Waals surface area (Å²) in [5.74, 6) is -0.497. The Labute approximate surface area is 108 Å². The third-order valence-electron chi connectivity index (χ3n) is 2.23. The van der Waals surface area contributed by atoms with Crippen molar-refractivity contribution < 1.29 is 13.0 Å². The van der Waals surface area contributed by atoms with E-state index in [0.29, 0.717) is 5.56 Å². The lowest BCUT2D eigenvalue weighted by molar-refractivity contribution is 0.140. The molecular formula is C11H17F2N3OS. The van der Waals surface area contributed by atoms with Gasteiger partial charge in [-0.05, 0) is 27.7 Å². The van der Waals surface area contributed by atoms with Crippen molar-refractivity contribution in [3.63, 3.8) is 0 Å². The number of nitrogens with zero attached hydrogens (tertiary/aromatic N) is 2. The van der Waals surface area contributed by atoms with Crippen LogP contribution >= 0.6 is 0 Å². The monoisotopic (exact) mass is 277 g/mol. The first kappa shape index (κ1) is 15.1. The topological polar surface area (TPSA) is 54.9 Å². The van der Waals surface area contributed by atoms with E-state index in [9.17, 15) is 13.0 Å². The van der Waals surface area contributed by atoms with Gasteiger partial charge in [-0.15, -0.1) is 0 Å². The molecule has 1 heterocycles. The van der Waals surface area contributed by atoms with E-state index in [0.717, 1.165) is 0 Å². The number of rotatable bonds is 4. The summed E-state index contributed by atoms with van der Waals surface area (Å²) in [6.07, 6.45) is -0.0241. The lowest BCUT2D eigenvalue weighted by Gasteiger charge is -2.21. The fraction of sp³-hybridized carbons (Fsp3) is 0.636. The summed E-state index contributed by atoms with van der Waals surface area (Å²) in [7, 11) is -1.24. The zero-order valence-corrected chi connectivity index (χ0v) is 11.6. The highest BCUT2D eigenvalue weighted by atomic mass is 32.2. The van der Waals surface area contributed by atoms with Crippen molar-refractivity contribution in [2.24, 2.45) is 0 Å². The van der Waals surface area contributed by atoms with Gasteiger partial charge in [-0.1, -0.05) is 0 Å². The Morgan fingerprint density at radius 1 is 1.28 bits per heavy atom. The molecule has 0 aromatic carbocycles. The number of nitrogens with one attached hydrogen (secondary N) is 1. The van der Waals surface area contributed by atoms with Gasteiger partial charge in [0.2, 0.25) is 0 Å². The van der Waals surface area contributed by atoms with Gasteiger partial charge in [-0.25, -0.2) is 27.7 Å². The Morgan fingerprint density at radius 3 is 2.17 bits per heavy atom. The van der Waals surface area contributed by atoms with Gasteiger partial charge in [0.1, 0.15) is 0 Å². The molecule has 1 rings (SSSR count). The quantitative estimate of drug-likeness (QED) is 0.920. The van der Waals surface area contributed by atoms with E-state index >= 15 is 0 Å². The summed E-state index contributed by atoms with van der Waals surface area (Å²) in [6.45, 7) is 7.32. The predicted octanol–water partition coefficient (Wildman–Crippen LogP) is 2.53. The van der Waals surface area contributed by atoms with E-state index in [2.05, 4.69) is 14.7 Å². The van der Waals surface area contributed by atoms with Crippen molar-refractivity contribution in [2.45, 2.75) is 44.9 Å². The molecule has 102 valence electrons. The van der Waals surface area contributed by atoms with Crippen LogP contribution in [0.15, 0.2) is 12.4 Å². The smallest absolute Gasteiger partial charge is 0.242 e. The first-order chi connectivity index (χ1) is 8.21. The Morgan fingerprint density at radius 2 is 1.78 bits per heavy atom. The minimum atomic E-state index is -2.67. The maximum Gasteiger partial charge on any atom is 0.297 e. The first-order valence-corrected chi connectivity index (χ1v) is 6.65. The Balaban J connectivity index is 2.73. The molecule has 18 heavy (non-hydrogen) atoms. The Kier molecular flexibility index (Phi) is 4.86. The molecule has 0 unspecified atom stereocenters. The second kappa shape index (κ2) is 5.79. The van der Waals surface area contributed by atoms with E-state index in [1.165, 1.54) is 12.4 Å². The van der Waals surface area contributed by atoms with Crippen LogP contribution in [0.5, 0.6) is 0 Å². The highest BCUT2D eigenvalue weighted by molar-refractivity contribution is 7.84. The lowest BCUT2D eigenvalue weighted by Crippen LogP contribution is -2.34. The van der Waals surface area contributed by atoms with Gasteiger partial charge in [-0.3, -0.25) is 0 Å². The minimum absolute atomic E-state index is 0.267. The second-order valence-corrected chi connectivity index (χ2v) is 6.89. The SMILES string of the molecule is C[C@@H](N[S@@](=O)C(C)(C)C)c1cnc(C(F)F)nc1. The average Bonchev–Trinajstić information content (AvgIpc) is 2.27. The zero-order valence-electron chi connectivity index (χ0n) is 10.8. The summed E-state index contributed by atoms with van der Waals surface area (Å²) in [6, 6.07) is -0.267. The van der Waals surface area contributed by atoms with Gasteiger partial charge in [0.25, 0.3) is 6.43 Å². The second-order valence-electron chi connectivity index (χ2n) is 4.90. The number of alkyl halides is 2. The van der Waals surface area contributed by atoms with E-state index in [-0.39, 0.29) is 6.04 Å². The fourth-order valence-electron chi connectivity index (χ4n) is 1.09. The van der Waals surface area contributed by atoms with E-state index < -0.39 is 28.0 Å². The molecule has 1 N–H and O–H groups in total. The molecule has 0 aliphatic rings. The summed E-state index contributed by atoms with van der Waals surface area (Å²) >= 11 is 0. The van der Waals surface area contributed by atoms with Crippen molar-refractivity contribution in [3.8, 4) is 0 Å². The van der Waals surface area contributed by atoms with Gasteiger partial charge in [-0.2, -0.15) is 0 Å².